The zero-order chi connectivity index (χ0) is 16.5. The molecule has 0 aliphatic heterocycles. The molecule has 0 heterocycles. The van der Waals surface area contributed by atoms with Gasteiger partial charge >= 0.3 is 0 Å². The third kappa shape index (κ3) is 3.60. The summed E-state index contributed by atoms with van der Waals surface area (Å²) < 4.78 is 0. The largest absolute Gasteiger partial charge is 0.365 e. The third-order valence-electron chi connectivity index (χ3n) is 4.91. The molecule has 4 nitrogen and oxygen atoms in total. The summed E-state index contributed by atoms with van der Waals surface area (Å²) in [6.07, 6.45) is 5.57. The zero-order valence-corrected chi connectivity index (χ0v) is 14.6. The number of carbonyl (C=O) groups excluding carboxylic acids is 1. The average Bonchev–Trinajstić information content (AvgIpc) is 3.11. The molecule has 0 atom stereocenters. The van der Waals surface area contributed by atoms with Crippen LogP contribution in [0, 0.1) is 0 Å². The van der Waals surface area contributed by atoms with Crippen LogP contribution in [0.4, 0.5) is 0 Å². The lowest BCUT2D eigenvalue weighted by Gasteiger charge is -2.39. The van der Waals surface area contributed by atoms with Crippen molar-refractivity contribution in [1.29, 1.82) is 0 Å². The van der Waals surface area contributed by atoms with Gasteiger partial charge < -0.3 is 10.6 Å². The Labute approximate surface area is 134 Å². The fourth-order valence-corrected chi connectivity index (χ4v) is 2.91. The maximum Gasteiger partial charge on any atom is 0.252 e. The van der Waals surface area contributed by atoms with Gasteiger partial charge in [0.1, 0.15) is 5.82 Å². The van der Waals surface area contributed by atoms with Gasteiger partial charge in [0, 0.05) is 22.2 Å². The van der Waals surface area contributed by atoms with Crippen LogP contribution in [0.2, 0.25) is 0 Å². The molecule has 1 amide bonds. The van der Waals surface area contributed by atoms with E-state index in [-0.39, 0.29) is 17.0 Å². The van der Waals surface area contributed by atoms with E-state index in [1.807, 2.05) is 20.8 Å². The fraction of sp³-hybridized carbons (Fsp3) is 0.667. The van der Waals surface area contributed by atoms with Crippen molar-refractivity contribution in [3.63, 3.8) is 0 Å². The van der Waals surface area contributed by atoms with Crippen molar-refractivity contribution in [2.45, 2.75) is 77.8 Å². The summed E-state index contributed by atoms with van der Waals surface area (Å²) in [5.41, 5.74) is 2.68. The summed E-state index contributed by atoms with van der Waals surface area (Å²) in [5, 5.41) is 6.63. The molecule has 122 valence electrons. The second-order valence-electron chi connectivity index (χ2n) is 7.56. The first kappa shape index (κ1) is 16.8. The molecule has 2 aliphatic rings. The highest BCUT2D eigenvalue weighted by Gasteiger charge is 2.38. The molecule has 0 saturated heterocycles. The lowest BCUT2D eigenvalue weighted by Crippen LogP contribution is -2.51. The van der Waals surface area contributed by atoms with E-state index < -0.39 is 0 Å². The van der Waals surface area contributed by atoms with Gasteiger partial charge in [-0.15, -0.1) is 0 Å². The Hall–Kier alpha value is -1.58. The van der Waals surface area contributed by atoms with Crippen molar-refractivity contribution >= 4 is 12.6 Å². The van der Waals surface area contributed by atoms with Crippen molar-refractivity contribution in [1.82, 2.24) is 10.6 Å². The molecule has 0 aromatic carbocycles. The SMILES string of the molecule is C=N/C(NC1(C)CC1)=C(\C)C(C(=O)NC1(C)CCC1)=C(C)C. The van der Waals surface area contributed by atoms with Crippen molar-refractivity contribution in [3.05, 3.63) is 22.5 Å². The van der Waals surface area contributed by atoms with Gasteiger partial charge in [0.05, 0.1) is 0 Å². The Kier molecular flexibility index (Phi) is 4.50. The van der Waals surface area contributed by atoms with Crippen LogP contribution < -0.4 is 10.6 Å². The Morgan fingerprint density at radius 2 is 1.55 bits per heavy atom. The first-order valence-electron chi connectivity index (χ1n) is 8.16. The zero-order valence-electron chi connectivity index (χ0n) is 14.6. The molecule has 2 aliphatic carbocycles. The van der Waals surface area contributed by atoms with Crippen molar-refractivity contribution in [2.24, 2.45) is 4.99 Å². The van der Waals surface area contributed by atoms with E-state index in [2.05, 4.69) is 36.2 Å². The molecule has 2 saturated carbocycles. The van der Waals surface area contributed by atoms with E-state index >= 15 is 0 Å². The molecule has 2 N–H and O–H groups in total. The fourth-order valence-electron chi connectivity index (χ4n) is 2.91. The predicted molar refractivity (Wildman–Crippen MR) is 91.8 cm³/mol. The smallest absolute Gasteiger partial charge is 0.252 e. The van der Waals surface area contributed by atoms with E-state index in [1.165, 1.54) is 6.42 Å². The molecule has 0 aromatic rings. The number of aliphatic imine (C=N–C) groups is 1. The van der Waals surface area contributed by atoms with Gasteiger partial charge in [-0.1, -0.05) is 5.57 Å². The van der Waals surface area contributed by atoms with Crippen LogP contribution in [0.5, 0.6) is 0 Å². The lowest BCUT2D eigenvalue weighted by molar-refractivity contribution is -0.119. The van der Waals surface area contributed by atoms with Crippen LogP contribution in [-0.4, -0.2) is 23.7 Å². The maximum atomic E-state index is 12.7. The molecule has 22 heavy (non-hydrogen) atoms. The summed E-state index contributed by atoms with van der Waals surface area (Å²) in [6, 6.07) is 0. The monoisotopic (exact) mass is 303 g/mol. The van der Waals surface area contributed by atoms with Gasteiger partial charge in [-0.25, -0.2) is 4.99 Å². The number of amides is 1. The van der Waals surface area contributed by atoms with Crippen molar-refractivity contribution in [2.75, 3.05) is 0 Å². The second kappa shape index (κ2) is 5.90. The number of rotatable bonds is 6. The normalized spacial score (nSPS) is 21.9. The number of hydrogen-bond donors (Lipinski definition) is 2. The highest BCUT2D eigenvalue weighted by atomic mass is 16.1. The Morgan fingerprint density at radius 3 is 1.91 bits per heavy atom. The average molecular weight is 303 g/mol. The van der Waals surface area contributed by atoms with Crippen molar-refractivity contribution < 1.29 is 4.79 Å². The number of hydrogen-bond acceptors (Lipinski definition) is 3. The molecular weight excluding hydrogens is 274 g/mol. The number of nitrogens with zero attached hydrogens (tertiary/aromatic N) is 1. The number of allylic oxidation sites excluding steroid dienone is 1. The van der Waals surface area contributed by atoms with Gasteiger partial charge in [-0.3, -0.25) is 4.79 Å². The maximum absolute atomic E-state index is 12.7. The molecule has 0 aromatic heterocycles. The molecule has 2 rings (SSSR count). The summed E-state index contributed by atoms with van der Waals surface area (Å²) in [5.74, 6) is 0.730. The van der Waals surface area contributed by atoms with Gasteiger partial charge in [0.2, 0.25) is 0 Å². The van der Waals surface area contributed by atoms with Gasteiger partial charge in [-0.05, 0) is 73.4 Å². The molecule has 2 fully saturated rings. The topological polar surface area (TPSA) is 53.5 Å². The van der Waals surface area contributed by atoms with Crippen LogP contribution in [0.3, 0.4) is 0 Å². The summed E-state index contributed by atoms with van der Waals surface area (Å²) in [7, 11) is 0. The third-order valence-corrected chi connectivity index (χ3v) is 4.91. The Morgan fingerprint density at radius 1 is 1.00 bits per heavy atom. The Balaban J connectivity index is 2.24. The first-order chi connectivity index (χ1) is 10.2. The number of nitrogens with one attached hydrogen (secondary N) is 2. The predicted octanol–water partition coefficient (Wildman–Crippen LogP) is 3.46. The van der Waals surface area contributed by atoms with E-state index in [4.69, 9.17) is 0 Å². The minimum atomic E-state index is -0.0459. The quantitative estimate of drug-likeness (QED) is 0.448. The van der Waals surface area contributed by atoms with Crippen LogP contribution in [0.1, 0.15) is 66.7 Å². The summed E-state index contributed by atoms with van der Waals surface area (Å²) >= 11 is 0. The van der Waals surface area contributed by atoms with Crippen LogP contribution in [-0.2, 0) is 4.79 Å². The molecule has 0 bridgehead atoms. The van der Waals surface area contributed by atoms with Gasteiger partial charge in [0.25, 0.3) is 5.91 Å². The molecule has 4 heteroatoms. The number of carbonyl (C=O) groups is 1. The standard InChI is InChI=1S/C18H29N3O/c1-12(2)14(16(22)21-17(4)8-7-9-17)13(3)15(19-6)20-18(5)10-11-18/h20H,6-11H2,1-5H3,(H,21,22)/b15-13-. The second-order valence-corrected chi connectivity index (χ2v) is 7.56. The molecule has 0 spiro atoms. The van der Waals surface area contributed by atoms with Crippen molar-refractivity contribution in [3.8, 4) is 0 Å². The van der Waals surface area contributed by atoms with Gasteiger partial charge in [-0.2, -0.15) is 0 Å². The molecule has 0 unspecified atom stereocenters. The minimum absolute atomic E-state index is 0.00333. The van der Waals surface area contributed by atoms with E-state index in [9.17, 15) is 4.79 Å². The molecule has 0 radical (unpaired) electrons. The van der Waals surface area contributed by atoms with E-state index in [0.717, 1.165) is 48.2 Å². The van der Waals surface area contributed by atoms with Crippen LogP contribution in [0.25, 0.3) is 0 Å². The lowest BCUT2D eigenvalue weighted by atomic mass is 9.78. The van der Waals surface area contributed by atoms with Crippen LogP contribution in [0.15, 0.2) is 27.5 Å². The highest BCUT2D eigenvalue weighted by molar-refractivity contribution is 5.99. The van der Waals surface area contributed by atoms with Crippen LogP contribution >= 0.6 is 0 Å². The van der Waals surface area contributed by atoms with E-state index in [1.54, 1.807) is 0 Å². The van der Waals surface area contributed by atoms with E-state index in [0.29, 0.717) is 0 Å². The highest BCUT2D eigenvalue weighted by Crippen LogP contribution is 2.36. The first-order valence-corrected chi connectivity index (χ1v) is 8.16. The van der Waals surface area contributed by atoms with Gasteiger partial charge in [0.15, 0.2) is 0 Å². The Bertz CT molecular complexity index is 545. The molecular formula is C18H29N3O. The summed E-state index contributed by atoms with van der Waals surface area (Å²) in [6.45, 7) is 13.9. The minimum Gasteiger partial charge on any atom is -0.365 e. The summed E-state index contributed by atoms with van der Waals surface area (Å²) in [4.78, 5) is 16.9.